The van der Waals surface area contributed by atoms with Crippen molar-refractivity contribution in [1.82, 2.24) is 5.32 Å². The van der Waals surface area contributed by atoms with Crippen LogP contribution in [0, 0.1) is 3.57 Å². The van der Waals surface area contributed by atoms with E-state index in [1.54, 1.807) is 5.32 Å². The lowest BCUT2D eigenvalue weighted by atomic mass is 10.0. The van der Waals surface area contributed by atoms with Gasteiger partial charge in [0.2, 0.25) is 0 Å². The van der Waals surface area contributed by atoms with E-state index in [0.29, 0.717) is 3.57 Å². The van der Waals surface area contributed by atoms with Crippen molar-refractivity contribution in [1.29, 1.82) is 0 Å². The molecule has 0 saturated carbocycles. The second-order valence-corrected chi connectivity index (χ2v) is 7.00. The maximum atomic E-state index is 13.1. The summed E-state index contributed by atoms with van der Waals surface area (Å²) in [5, 5.41) is 7.94. The Kier molecular flexibility index (Phi) is 8.27. The molecule has 1 N–H and O–H groups in total. The fraction of sp³-hybridized carbons (Fsp3) is 0.562. The molecule has 2 rings (SSSR count). The molecule has 0 spiro atoms. The van der Waals surface area contributed by atoms with Gasteiger partial charge in [-0.3, -0.25) is 4.79 Å². The van der Waals surface area contributed by atoms with Crippen LogP contribution < -0.4 is 10.1 Å². The maximum Gasteiger partial charge on any atom is 0.471 e. The third-order valence-corrected chi connectivity index (χ3v) is 4.57. The first-order chi connectivity index (χ1) is 14.0. The summed E-state index contributed by atoms with van der Waals surface area (Å²) in [6.07, 6.45) is -9.56. The van der Waals surface area contributed by atoms with Gasteiger partial charge >= 0.3 is 23.9 Å². The van der Waals surface area contributed by atoms with Crippen LogP contribution in [0.25, 0.3) is 0 Å². The zero-order valence-corrected chi connectivity index (χ0v) is 17.3. The number of amides is 1. The third-order valence-electron chi connectivity index (χ3n) is 3.68. The first-order valence-electron chi connectivity index (χ1n) is 8.41. The highest BCUT2D eigenvalue weighted by molar-refractivity contribution is 14.1. The molecule has 0 fully saturated rings. The highest BCUT2D eigenvalue weighted by Gasteiger charge is 2.65. The summed E-state index contributed by atoms with van der Waals surface area (Å²) in [5.41, 5.74) is -2.67. The molecular formula is C16H16F6IN3O4. The number of carbonyl (C=O) groups is 1. The molecule has 0 saturated heterocycles. The Labute approximate surface area is 180 Å². The molecule has 1 aromatic carbocycles. The predicted octanol–water partition coefficient (Wildman–Crippen LogP) is 3.56. The van der Waals surface area contributed by atoms with Crippen LogP contribution in [0.2, 0.25) is 0 Å². The van der Waals surface area contributed by atoms with Crippen molar-refractivity contribution in [3.63, 3.8) is 0 Å². The van der Waals surface area contributed by atoms with Gasteiger partial charge < -0.3 is 19.5 Å². The summed E-state index contributed by atoms with van der Waals surface area (Å²) in [4.78, 5) is 10.5. The molecule has 0 aliphatic carbocycles. The minimum atomic E-state index is -4.93. The van der Waals surface area contributed by atoms with Gasteiger partial charge in [-0.05, 0) is 34.7 Å². The molecular weight excluding hydrogens is 539 g/mol. The second-order valence-electron chi connectivity index (χ2n) is 5.84. The highest BCUT2D eigenvalue weighted by atomic mass is 127. The molecule has 1 heterocycles. The average molecular weight is 555 g/mol. The van der Waals surface area contributed by atoms with Gasteiger partial charge in [0, 0.05) is 12.1 Å². The maximum absolute atomic E-state index is 13.1. The van der Waals surface area contributed by atoms with Gasteiger partial charge in [-0.25, -0.2) is 0 Å². The van der Waals surface area contributed by atoms with Crippen LogP contribution in [0.5, 0.6) is 5.75 Å². The lowest BCUT2D eigenvalue weighted by molar-refractivity contribution is -0.173. The Balaban J connectivity index is 1.62. The van der Waals surface area contributed by atoms with E-state index in [9.17, 15) is 31.1 Å². The SMILES string of the molecule is O=C(NCCOCCOCCOc1cc(C2(C(F)(F)F)N=N2)ccc1I)C(F)(F)F. The van der Waals surface area contributed by atoms with Crippen molar-refractivity contribution in [2.24, 2.45) is 10.2 Å². The van der Waals surface area contributed by atoms with Crippen molar-refractivity contribution < 1.29 is 45.3 Å². The molecule has 0 radical (unpaired) electrons. The van der Waals surface area contributed by atoms with Crippen molar-refractivity contribution in [3.05, 3.63) is 27.3 Å². The normalized spacial score (nSPS) is 15.2. The van der Waals surface area contributed by atoms with Crippen LogP contribution in [-0.2, 0) is 19.9 Å². The Morgan fingerprint density at radius 1 is 1.00 bits per heavy atom. The largest absolute Gasteiger partial charge is 0.490 e. The second kappa shape index (κ2) is 10.1. The monoisotopic (exact) mass is 555 g/mol. The summed E-state index contributed by atoms with van der Waals surface area (Å²) in [6.45, 7) is -0.0747. The molecule has 1 aliphatic rings. The van der Waals surface area contributed by atoms with E-state index in [1.807, 2.05) is 22.6 Å². The number of rotatable bonds is 11. The van der Waals surface area contributed by atoms with Crippen molar-refractivity contribution in [2.45, 2.75) is 18.0 Å². The molecule has 14 heteroatoms. The molecule has 7 nitrogen and oxygen atoms in total. The van der Waals surface area contributed by atoms with Gasteiger partial charge in [0.05, 0.1) is 30.0 Å². The fourth-order valence-corrected chi connectivity index (χ4v) is 2.63. The molecule has 30 heavy (non-hydrogen) atoms. The van der Waals surface area contributed by atoms with E-state index in [0.717, 1.165) is 0 Å². The van der Waals surface area contributed by atoms with E-state index >= 15 is 0 Å². The summed E-state index contributed by atoms with van der Waals surface area (Å²) in [5.74, 6) is -1.81. The molecule has 0 atom stereocenters. The number of hydrogen-bond donors (Lipinski definition) is 1. The summed E-state index contributed by atoms with van der Waals surface area (Å²) in [6, 6.07) is 3.98. The van der Waals surface area contributed by atoms with Crippen molar-refractivity contribution >= 4 is 28.5 Å². The van der Waals surface area contributed by atoms with Gasteiger partial charge in [0.25, 0.3) is 0 Å². The molecule has 168 valence electrons. The first kappa shape index (κ1) is 24.6. The van der Waals surface area contributed by atoms with E-state index in [1.165, 1.54) is 18.2 Å². The van der Waals surface area contributed by atoms with Crippen LogP contribution in [0.15, 0.2) is 28.4 Å². The smallest absolute Gasteiger partial charge is 0.471 e. The number of nitrogens with one attached hydrogen (secondary N) is 1. The van der Waals surface area contributed by atoms with E-state index < -0.39 is 23.9 Å². The minimum Gasteiger partial charge on any atom is -0.490 e. The zero-order valence-electron chi connectivity index (χ0n) is 15.1. The van der Waals surface area contributed by atoms with Crippen molar-refractivity contribution in [2.75, 3.05) is 39.6 Å². The number of ether oxygens (including phenoxy) is 3. The van der Waals surface area contributed by atoms with Crippen LogP contribution >= 0.6 is 22.6 Å². The predicted molar refractivity (Wildman–Crippen MR) is 97.9 cm³/mol. The number of hydrogen-bond acceptors (Lipinski definition) is 6. The highest BCUT2D eigenvalue weighted by Crippen LogP contribution is 2.53. The number of halogens is 7. The number of alkyl halides is 6. The van der Waals surface area contributed by atoms with Gasteiger partial charge in [-0.1, -0.05) is 6.07 Å². The molecule has 1 aromatic rings. The minimum absolute atomic E-state index is 0.0500. The topological polar surface area (TPSA) is 81.5 Å². The van der Waals surface area contributed by atoms with Crippen LogP contribution in [0.4, 0.5) is 26.3 Å². The van der Waals surface area contributed by atoms with Crippen LogP contribution in [-0.4, -0.2) is 57.8 Å². The molecule has 0 bridgehead atoms. The van der Waals surface area contributed by atoms with Gasteiger partial charge in [-0.2, -0.15) is 26.3 Å². The quantitative estimate of drug-likeness (QED) is 0.258. The Morgan fingerprint density at radius 2 is 1.60 bits per heavy atom. The lowest BCUT2D eigenvalue weighted by Gasteiger charge is -2.16. The zero-order chi connectivity index (χ0) is 22.4. The van der Waals surface area contributed by atoms with Crippen LogP contribution in [0.3, 0.4) is 0 Å². The number of nitrogens with zero attached hydrogens (tertiary/aromatic N) is 2. The number of carbonyl (C=O) groups excluding carboxylic acids is 1. The first-order valence-corrected chi connectivity index (χ1v) is 9.49. The molecule has 0 unspecified atom stereocenters. The summed E-state index contributed by atoms with van der Waals surface area (Å²) >= 11 is 1.91. The van der Waals surface area contributed by atoms with Crippen molar-refractivity contribution in [3.8, 4) is 5.75 Å². The molecule has 0 aromatic heterocycles. The van der Waals surface area contributed by atoms with Gasteiger partial charge in [0.1, 0.15) is 12.4 Å². The van der Waals surface area contributed by atoms with Crippen LogP contribution in [0.1, 0.15) is 5.56 Å². The van der Waals surface area contributed by atoms with E-state index in [4.69, 9.17) is 14.2 Å². The van der Waals surface area contributed by atoms with Gasteiger partial charge in [0.15, 0.2) is 0 Å². The lowest BCUT2D eigenvalue weighted by Crippen LogP contribution is -2.38. The molecule has 1 amide bonds. The standard InChI is InChI=1S/C16H16F6IN3O4/c17-15(18,19)13(27)24-3-4-28-5-6-29-7-8-30-12-9-10(1-2-11(12)23)14(25-26-14)16(20,21)22/h1-2,9H,3-8H2,(H,24,27). The Bertz CT molecular complexity index is 766. The van der Waals surface area contributed by atoms with E-state index in [2.05, 4.69) is 10.2 Å². The van der Waals surface area contributed by atoms with Gasteiger partial charge in [-0.15, -0.1) is 10.2 Å². The molecule has 1 aliphatic heterocycles. The fourth-order valence-electron chi connectivity index (χ4n) is 2.14. The summed E-state index contributed by atoms with van der Waals surface area (Å²) < 4.78 is 91.3. The Hall–Kier alpha value is -1.68. The summed E-state index contributed by atoms with van der Waals surface area (Å²) in [7, 11) is 0. The van der Waals surface area contributed by atoms with E-state index in [-0.39, 0.29) is 50.9 Å². The third kappa shape index (κ3) is 6.66. The number of benzene rings is 1. The average Bonchev–Trinajstić information content (AvgIpc) is 3.45. The Morgan fingerprint density at radius 3 is 2.17 bits per heavy atom.